The first-order chi connectivity index (χ1) is 21.9. The van der Waals surface area contributed by atoms with E-state index >= 15 is 4.39 Å². The normalized spacial score (nSPS) is 18.7. The monoisotopic (exact) mass is 606 g/mol. The first kappa shape index (κ1) is 27.8. The van der Waals surface area contributed by atoms with Crippen molar-refractivity contribution in [3.63, 3.8) is 0 Å². The number of nitrogens with zero attached hydrogens (tertiary/aromatic N) is 6. The smallest absolute Gasteiger partial charge is 0.322 e. The number of amides is 3. The van der Waals surface area contributed by atoms with Gasteiger partial charge in [-0.15, -0.1) is 0 Å². The van der Waals surface area contributed by atoms with Crippen LogP contribution in [0.2, 0.25) is 0 Å². The zero-order valence-corrected chi connectivity index (χ0v) is 25.2. The van der Waals surface area contributed by atoms with Crippen molar-refractivity contribution >= 4 is 34.2 Å². The molecule has 0 spiro atoms. The Morgan fingerprint density at radius 3 is 2.73 bits per heavy atom. The topological polar surface area (TPSA) is 114 Å². The van der Waals surface area contributed by atoms with Gasteiger partial charge in [-0.2, -0.15) is 5.10 Å². The third-order valence-electron chi connectivity index (χ3n) is 9.36. The predicted molar refractivity (Wildman–Crippen MR) is 171 cm³/mol. The van der Waals surface area contributed by atoms with Crippen LogP contribution in [0.1, 0.15) is 41.6 Å². The first-order valence-electron chi connectivity index (χ1n) is 15.7. The molecule has 5 aromatic rings. The highest BCUT2D eigenvalue weighted by molar-refractivity contribution is 5.99. The zero-order valence-electron chi connectivity index (χ0n) is 25.2. The van der Waals surface area contributed by atoms with Crippen molar-refractivity contribution in [3.05, 3.63) is 71.7 Å². The first-order valence-corrected chi connectivity index (χ1v) is 15.7. The second-order valence-corrected chi connectivity index (χ2v) is 12.6. The SMILES string of the molecule is Cc1c(-c2cc3ccc(-c4ccccc4N4CCNC4=O)nc3n2CC2CC2)nn2cc(C(=O)N3CCC[C@@H](N)C3)cc(F)c12. The number of urea groups is 1. The van der Waals surface area contributed by atoms with Crippen LogP contribution in [0.4, 0.5) is 14.9 Å². The minimum absolute atomic E-state index is 0.0643. The molecule has 1 saturated carbocycles. The highest BCUT2D eigenvalue weighted by atomic mass is 19.1. The maximum Gasteiger partial charge on any atom is 0.322 e. The summed E-state index contributed by atoms with van der Waals surface area (Å²) < 4.78 is 19.4. The summed E-state index contributed by atoms with van der Waals surface area (Å²) in [5.74, 6) is -0.169. The van der Waals surface area contributed by atoms with Crippen LogP contribution in [0, 0.1) is 18.7 Å². The number of fused-ring (bicyclic) bond motifs is 2. The highest BCUT2D eigenvalue weighted by Crippen LogP contribution is 2.38. The van der Waals surface area contributed by atoms with Crippen LogP contribution < -0.4 is 16.0 Å². The lowest BCUT2D eigenvalue weighted by molar-refractivity contribution is 0.0707. The Kier molecular flexibility index (Phi) is 6.59. The average Bonchev–Trinajstić information content (AvgIpc) is 3.51. The standard InChI is InChI=1S/C34H35FN8O2/c1-20-30(39-43-18-23(15-26(35)31(20)43)33(44)40-13-4-5-24(36)19-40)29-16-22-10-11-27(38-32(22)42(29)17-21-8-9-21)25-6-2-3-7-28(25)41-14-12-37-34(41)45/h2-3,6-7,10-11,15-16,18,21,24H,4-5,8-9,12-14,17,19,36H2,1H3,(H,37,45)/t24-/m1/s1. The molecule has 2 aliphatic heterocycles. The van der Waals surface area contributed by atoms with E-state index in [0.717, 1.165) is 65.9 Å². The Hall–Kier alpha value is -4.77. The summed E-state index contributed by atoms with van der Waals surface area (Å²) in [6, 6.07) is 15.1. The molecule has 230 valence electrons. The Balaban J connectivity index is 1.23. The van der Waals surface area contributed by atoms with E-state index in [1.54, 1.807) is 16.0 Å². The Morgan fingerprint density at radius 2 is 1.96 bits per heavy atom. The number of aromatic nitrogens is 4. The van der Waals surface area contributed by atoms with Crippen molar-refractivity contribution in [3.8, 4) is 22.6 Å². The predicted octanol–water partition coefficient (Wildman–Crippen LogP) is 4.97. The van der Waals surface area contributed by atoms with Gasteiger partial charge in [-0.05, 0) is 68.9 Å². The molecule has 0 bridgehead atoms. The van der Waals surface area contributed by atoms with Gasteiger partial charge >= 0.3 is 6.03 Å². The zero-order chi connectivity index (χ0) is 30.8. The molecule has 1 aromatic carbocycles. The fraction of sp³-hybridized carbons (Fsp3) is 0.353. The van der Waals surface area contributed by atoms with Crippen molar-refractivity contribution in [2.75, 3.05) is 31.1 Å². The lowest BCUT2D eigenvalue weighted by Crippen LogP contribution is -2.45. The van der Waals surface area contributed by atoms with Gasteiger partial charge in [-0.25, -0.2) is 18.7 Å². The van der Waals surface area contributed by atoms with E-state index in [9.17, 15) is 9.59 Å². The third kappa shape index (κ3) is 4.82. The number of hydrogen-bond donors (Lipinski definition) is 2. The molecular formula is C34H35FN8O2. The van der Waals surface area contributed by atoms with Gasteiger partial charge in [0.1, 0.15) is 22.7 Å². The van der Waals surface area contributed by atoms with Crippen LogP contribution >= 0.6 is 0 Å². The van der Waals surface area contributed by atoms with Crippen LogP contribution in [-0.2, 0) is 6.54 Å². The van der Waals surface area contributed by atoms with Crippen LogP contribution in [0.5, 0.6) is 0 Å². The number of carbonyl (C=O) groups is 2. The van der Waals surface area contributed by atoms with E-state index in [2.05, 4.69) is 22.0 Å². The fourth-order valence-corrected chi connectivity index (χ4v) is 6.85. The summed E-state index contributed by atoms with van der Waals surface area (Å²) in [5, 5.41) is 8.71. The maximum absolute atomic E-state index is 15.7. The van der Waals surface area contributed by atoms with E-state index in [4.69, 9.17) is 15.8 Å². The van der Waals surface area contributed by atoms with E-state index in [1.165, 1.54) is 10.6 Å². The van der Waals surface area contributed by atoms with Gasteiger partial charge in [0.15, 0.2) is 0 Å². The van der Waals surface area contributed by atoms with Gasteiger partial charge in [0, 0.05) is 61.5 Å². The van der Waals surface area contributed by atoms with Gasteiger partial charge in [0.25, 0.3) is 5.91 Å². The van der Waals surface area contributed by atoms with E-state index in [0.29, 0.717) is 48.9 Å². The summed E-state index contributed by atoms with van der Waals surface area (Å²) in [6.45, 7) is 4.94. The number of piperidine rings is 1. The molecule has 3 fully saturated rings. The largest absolute Gasteiger partial charge is 0.337 e. The molecule has 0 radical (unpaired) electrons. The lowest BCUT2D eigenvalue weighted by atomic mass is 10.1. The Labute approximate surface area is 259 Å². The van der Waals surface area contributed by atoms with E-state index < -0.39 is 5.82 Å². The van der Waals surface area contributed by atoms with E-state index in [-0.39, 0.29) is 23.5 Å². The van der Waals surface area contributed by atoms with Gasteiger partial charge < -0.3 is 20.5 Å². The number of anilines is 1. The van der Waals surface area contributed by atoms with Gasteiger partial charge in [-0.1, -0.05) is 18.2 Å². The van der Waals surface area contributed by atoms with Crippen molar-refractivity contribution < 1.29 is 14.0 Å². The summed E-state index contributed by atoms with van der Waals surface area (Å²) in [4.78, 5) is 34.4. The number of aryl methyl sites for hydroxylation is 1. The second kappa shape index (κ2) is 10.7. The number of likely N-dealkylation sites (tertiary alicyclic amines) is 1. The van der Waals surface area contributed by atoms with Crippen molar-refractivity contribution in [1.29, 1.82) is 0 Å². The molecule has 11 heteroatoms. The van der Waals surface area contributed by atoms with Crippen molar-refractivity contribution in [2.45, 2.75) is 45.2 Å². The number of pyridine rings is 2. The molecule has 4 aromatic heterocycles. The minimum Gasteiger partial charge on any atom is -0.337 e. The molecule has 0 unspecified atom stereocenters. The van der Waals surface area contributed by atoms with Crippen molar-refractivity contribution in [2.24, 2.45) is 11.7 Å². The summed E-state index contributed by atoms with van der Waals surface area (Å²) >= 11 is 0. The Morgan fingerprint density at radius 1 is 1.11 bits per heavy atom. The molecular weight excluding hydrogens is 571 g/mol. The number of para-hydroxylation sites is 1. The summed E-state index contributed by atoms with van der Waals surface area (Å²) in [7, 11) is 0. The molecule has 8 rings (SSSR count). The average molecular weight is 607 g/mol. The number of carbonyl (C=O) groups excluding carboxylic acids is 2. The van der Waals surface area contributed by atoms with Gasteiger partial charge in [-0.3, -0.25) is 9.69 Å². The van der Waals surface area contributed by atoms with Crippen LogP contribution in [-0.4, -0.2) is 68.2 Å². The van der Waals surface area contributed by atoms with Crippen molar-refractivity contribution in [1.82, 2.24) is 29.4 Å². The summed E-state index contributed by atoms with van der Waals surface area (Å²) in [5.41, 5.74) is 12.3. The van der Waals surface area contributed by atoms with Gasteiger partial charge in [0.2, 0.25) is 0 Å². The molecule has 45 heavy (non-hydrogen) atoms. The molecule has 3 N–H and O–H groups in total. The second-order valence-electron chi connectivity index (χ2n) is 12.6. The van der Waals surface area contributed by atoms with Gasteiger partial charge in [0.05, 0.1) is 22.6 Å². The lowest BCUT2D eigenvalue weighted by Gasteiger charge is -2.30. The molecule has 10 nitrogen and oxygen atoms in total. The van der Waals surface area contributed by atoms with Crippen LogP contribution in [0.25, 0.3) is 39.2 Å². The maximum atomic E-state index is 15.7. The highest BCUT2D eigenvalue weighted by Gasteiger charge is 2.29. The molecule has 3 aliphatic rings. The van der Waals surface area contributed by atoms with Crippen LogP contribution in [0.15, 0.2) is 54.7 Å². The van der Waals surface area contributed by atoms with Crippen LogP contribution in [0.3, 0.4) is 0 Å². The molecule has 1 aliphatic carbocycles. The molecule has 1 atom stereocenters. The quantitative estimate of drug-likeness (QED) is 0.284. The fourth-order valence-electron chi connectivity index (χ4n) is 6.85. The molecule has 2 saturated heterocycles. The number of benzene rings is 1. The molecule has 6 heterocycles. The third-order valence-corrected chi connectivity index (χ3v) is 9.36. The number of halogens is 1. The summed E-state index contributed by atoms with van der Waals surface area (Å²) in [6.07, 6.45) is 5.65. The molecule has 3 amide bonds. The number of nitrogens with two attached hydrogens (primary N) is 1. The number of rotatable bonds is 6. The Bertz CT molecular complexity index is 1990. The number of nitrogens with one attached hydrogen (secondary N) is 1. The van der Waals surface area contributed by atoms with E-state index in [1.807, 2.05) is 37.3 Å². The minimum atomic E-state index is -0.480. The number of hydrogen-bond acceptors (Lipinski definition) is 5.